The van der Waals surface area contributed by atoms with Crippen molar-refractivity contribution in [3.8, 4) is 0 Å². The molecule has 8 nitrogen and oxygen atoms in total. The number of piperidine rings is 1. The molecule has 34 heavy (non-hydrogen) atoms. The van der Waals surface area contributed by atoms with Gasteiger partial charge >= 0.3 is 6.03 Å². The zero-order chi connectivity index (χ0) is 24.0. The molecule has 180 valence electrons. The SMILES string of the molecule is Cc1ccc2c(C3CCN(S(=O)(=O)C4CN(C(=O)Nc5cc(F)ccc5C)C4)CC3)c[nH]c2n1. The molecule has 3 aromatic rings. The van der Waals surface area contributed by atoms with Crippen molar-refractivity contribution in [2.75, 3.05) is 31.5 Å². The highest BCUT2D eigenvalue weighted by molar-refractivity contribution is 7.89. The lowest BCUT2D eigenvalue weighted by atomic mass is 9.90. The number of H-pyrrole nitrogens is 1. The predicted molar refractivity (Wildman–Crippen MR) is 129 cm³/mol. The van der Waals surface area contributed by atoms with Gasteiger partial charge < -0.3 is 15.2 Å². The zero-order valence-corrected chi connectivity index (χ0v) is 20.0. The van der Waals surface area contributed by atoms with E-state index in [1.807, 2.05) is 19.2 Å². The number of carbonyl (C=O) groups excluding carboxylic acids is 1. The Kier molecular flexibility index (Phi) is 5.81. The Morgan fingerprint density at radius 2 is 1.88 bits per heavy atom. The Bertz CT molecular complexity index is 1340. The standard InChI is InChI=1S/C24H28FN5O3S/c1-15-3-5-18(25)11-22(15)28-24(31)29-13-19(14-29)34(32,33)30-9-7-17(8-10-30)21-12-26-23-20(21)6-4-16(2)27-23/h3-6,11-12,17,19H,7-10,13-14H2,1-2H3,(H,26,27)(H,28,31). The number of nitrogens with zero attached hydrogens (tertiary/aromatic N) is 3. The maximum absolute atomic E-state index is 13.5. The van der Waals surface area contributed by atoms with E-state index in [-0.39, 0.29) is 19.0 Å². The third-order valence-corrected chi connectivity index (χ3v) is 9.19. The molecule has 2 aliphatic heterocycles. The van der Waals surface area contributed by atoms with Crippen molar-refractivity contribution >= 4 is 32.8 Å². The van der Waals surface area contributed by atoms with Gasteiger partial charge in [-0.05, 0) is 68.0 Å². The van der Waals surface area contributed by atoms with Gasteiger partial charge in [-0.1, -0.05) is 6.07 Å². The zero-order valence-electron chi connectivity index (χ0n) is 19.2. The lowest BCUT2D eigenvalue weighted by Gasteiger charge is -2.42. The number of fused-ring (bicyclic) bond motifs is 1. The van der Waals surface area contributed by atoms with Crippen LogP contribution in [0.1, 0.15) is 35.6 Å². The minimum absolute atomic E-state index is 0.135. The largest absolute Gasteiger partial charge is 0.346 e. The minimum atomic E-state index is -3.49. The van der Waals surface area contributed by atoms with E-state index in [1.54, 1.807) is 17.3 Å². The number of benzene rings is 1. The smallest absolute Gasteiger partial charge is 0.321 e. The molecule has 2 saturated heterocycles. The number of aromatic nitrogens is 2. The molecule has 0 spiro atoms. The van der Waals surface area contributed by atoms with Gasteiger partial charge in [0.2, 0.25) is 10.0 Å². The van der Waals surface area contributed by atoms with Gasteiger partial charge in [0.25, 0.3) is 0 Å². The van der Waals surface area contributed by atoms with Crippen molar-refractivity contribution in [3.05, 3.63) is 59.2 Å². The molecule has 0 atom stereocenters. The summed E-state index contributed by atoms with van der Waals surface area (Å²) in [5.41, 5.74) is 4.14. The van der Waals surface area contributed by atoms with Crippen molar-refractivity contribution in [2.45, 2.75) is 37.9 Å². The topological polar surface area (TPSA) is 98.4 Å². The number of likely N-dealkylation sites (tertiary alicyclic amines) is 1. The van der Waals surface area contributed by atoms with Gasteiger partial charge in [0.05, 0.1) is 0 Å². The highest BCUT2D eigenvalue weighted by Gasteiger charge is 2.44. The van der Waals surface area contributed by atoms with Crippen molar-refractivity contribution in [1.82, 2.24) is 19.2 Å². The molecule has 1 aromatic carbocycles. The van der Waals surface area contributed by atoms with Gasteiger partial charge in [-0.25, -0.2) is 26.9 Å². The Hall–Kier alpha value is -2.98. The van der Waals surface area contributed by atoms with E-state index in [0.29, 0.717) is 18.8 Å². The number of urea groups is 1. The fourth-order valence-electron chi connectivity index (χ4n) is 4.81. The Morgan fingerprint density at radius 1 is 1.15 bits per heavy atom. The Balaban J connectivity index is 1.17. The third kappa shape index (κ3) is 4.16. The van der Waals surface area contributed by atoms with Crippen LogP contribution in [0.2, 0.25) is 0 Å². The number of amides is 2. The van der Waals surface area contributed by atoms with E-state index in [0.717, 1.165) is 35.1 Å². The number of hydrogen-bond donors (Lipinski definition) is 2. The van der Waals surface area contributed by atoms with Gasteiger partial charge in [0.15, 0.2) is 0 Å². The maximum atomic E-state index is 13.5. The van der Waals surface area contributed by atoms with E-state index in [9.17, 15) is 17.6 Å². The summed E-state index contributed by atoms with van der Waals surface area (Å²) in [6.07, 6.45) is 3.49. The van der Waals surface area contributed by atoms with E-state index in [2.05, 4.69) is 21.4 Å². The van der Waals surface area contributed by atoms with Crippen molar-refractivity contribution in [1.29, 1.82) is 0 Å². The number of aromatic amines is 1. The summed E-state index contributed by atoms with van der Waals surface area (Å²) in [5, 5.41) is 3.16. The van der Waals surface area contributed by atoms with Crippen LogP contribution >= 0.6 is 0 Å². The molecule has 0 unspecified atom stereocenters. The van der Waals surface area contributed by atoms with Gasteiger partial charge in [-0.2, -0.15) is 0 Å². The highest BCUT2D eigenvalue weighted by Crippen LogP contribution is 2.34. The summed E-state index contributed by atoms with van der Waals surface area (Å²) in [4.78, 5) is 21.7. The summed E-state index contributed by atoms with van der Waals surface area (Å²) in [5.74, 6) is -0.157. The number of aryl methyl sites for hydroxylation is 2. The fraction of sp³-hybridized carbons (Fsp3) is 0.417. The molecule has 0 bridgehead atoms. The normalized spacial score (nSPS) is 18.3. The first-order valence-electron chi connectivity index (χ1n) is 11.5. The van der Waals surface area contributed by atoms with Crippen molar-refractivity contribution in [3.63, 3.8) is 0 Å². The number of halogens is 1. The van der Waals surface area contributed by atoms with Gasteiger partial charge in [0.1, 0.15) is 16.7 Å². The van der Waals surface area contributed by atoms with Gasteiger partial charge in [-0.3, -0.25) is 0 Å². The van der Waals surface area contributed by atoms with Crippen molar-refractivity contribution in [2.24, 2.45) is 0 Å². The van der Waals surface area contributed by atoms with Crippen LogP contribution < -0.4 is 5.32 Å². The monoisotopic (exact) mass is 485 g/mol. The highest BCUT2D eigenvalue weighted by atomic mass is 32.2. The van der Waals surface area contributed by atoms with Crippen molar-refractivity contribution < 1.29 is 17.6 Å². The number of anilines is 1. The molecule has 5 rings (SSSR count). The average Bonchev–Trinajstić information content (AvgIpc) is 3.18. The molecule has 2 aliphatic rings. The fourth-order valence-corrected chi connectivity index (χ4v) is 6.69. The first kappa shape index (κ1) is 22.8. The second-order valence-corrected chi connectivity index (χ2v) is 11.4. The first-order chi connectivity index (χ1) is 16.2. The quantitative estimate of drug-likeness (QED) is 0.588. The Morgan fingerprint density at radius 3 is 2.62 bits per heavy atom. The van der Waals surface area contributed by atoms with Gasteiger partial charge in [-0.15, -0.1) is 0 Å². The van der Waals surface area contributed by atoms with Crippen LogP contribution in [0.25, 0.3) is 11.0 Å². The van der Waals surface area contributed by atoms with Crippen LogP contribution in [0, 0.1) is 19.7 Å². The van der Waals surface area contributed by atoms with E-state index in [1.165, 1.54) is 22.6 Å². The molecule has 2 aromatic heterocycles. The van der Waals surface area contributed by atoms with Crippen LogP contribution in [0.5, 0.6) is 0 Å². The summed E-state index contributed by atoms with van der Waals surface area (Å²) in [6, 6.07) is 7.83. The van der Waals surface area contributed by atoms with Crippen LogP contribution in [0.3, 0.4) is 0 Å². The van der Waals surface area contributed by atoms with Crippen LogP contribution in [-0.4, -0.2) is 65.1 Å². The molecular formula is C24H28FN5O3S. The van der Waals surface area contributed by atoms with Crippen LogP contribution in [0.4, 0.5) is 14.9 Å². The maximum Gasteiger partial charge on any atom is 0.321 e. The van der Waals surface area contributed by atoms with E-state index in [4.69, 9.17) is 0 Å². The van der Waals surface area contributed by atoms with E-state index >= 15 is 0 Å². The summed E-state index contributed by atoms with van der Waals surface area (Å²) >= 11 is 0. The molecular weight excluding hydrogens is 457 g/mol. The average molecular weight is 486 g/mol. The number of pyridine rings is 1. The van der Waals surface area contributed by atoms with Gasteiger partial charge in [0, 0.05) is 49.1 Å². The molecule has 2 fully saturated rings. The molecule has 0 saturated carbocycles. The molecule has 0 aliphatic carbocycles. The summed E-state index contributed by atoms with van der Waals surface area (Å²) in [6.45, 7) is 4.92. The third-order valence-electron chi connectivity index (χ3n) is 6.96. The second-order valence-electron chi connectivity index (χ2n) is 9.23. The molecule has 0 radical (unpaired) electrons. The number of nitrogens with one attached hydrogen (secondary N) is 2. The number of hydrogen-bond acceptors (Lipinski definition) is 4. The van der Waals surface area contributed by atoms with Crippen LogP contribution in [-0.2, 0) is 10.0 Å². The number of sulfonamides is 1. The van der Waals surface area contributed by atoms with Crippen LogP contribution in [0.15, 0.2) is 36.5 Å². The lowest BCUT2D eigenvalue weighted by molar-refractivity contribution is 0.179. The molecule has 2 N–H and O–H groups in total. The Labute approximate surface area is 198 Å². The molecule has 2 amide bonds. The first-order valence-corrected chi connectivity index (χ1v) is 13.0. The number of carbonyl (C=O) groups is 1. The predicted octanol–water partition coefficient (Wildman–Crippen LogP) is 3.74. The molecule has 10 heteroatoms. The minimum Gasteiger partial charge on any atom is -0.346 e. The summed E-state index contributed by atoms with van der Waals surface area (Å²) in [7, 11) is -3.49. The summed E-state index contributed by atoms with van der Waals surface area (Å²) < 4.78 is 41.3. The lowest BCUT2D eigenvalue weighted by Crippen LogP contribution is -2.61. The number of rotatable bonds is 4. The van der Waals surface area contributed by atoms with E-state index < -0.39 is 27.1 Å². The second kappa shape index (κ2) is 8.66. The molecule has 4 heterocycles.